The number of piperidine rings is 2. The molecule has 4 aliphatic rings. The second-order valence-corrected chi connectivity index (χ2v) is 9.34. The van der Waals surface area contributed by atoms with Crippen molar-refractivity contribution in [2.75, 3.05) is 19.6 Å². The molecule has 1 aromatic heterocycles. The molecular formula is C22H32N4O2. The summed E-state index contributed by atoms with van der Waals surface area (Å²) in [6.07, 6.45) is 12.1. The Morgan fingerprint density at radius 2 is 1.89 bits per heavy atom. The van der Waals surface area contributed by atoms with E-state index in [-0.39, 0.29) is 5.91 Å². The molecule has 3 fully saturated rings. The van der Waals surface area contributed by atoms with E-state index in [1.807, 2.05) is 4.90 Å². The highest BCUT2D eigenvalue weighted by Crippen LogP contribution is 2.35. The molecule has 0 aromatic carbocycles. The van der Waals surface area contributed by atoms with Crippen LogP contribution in [0.5, 0.6) is 0 Å². The molecule has 2 aliphatic heterocycles. The molecule has 0 radical (unpaired) electrons. The monoisotopic (exact) mass is 384 g/mol. The smallest absolute Gasteiger partial charge is 0.274 e. The quantitative estimate of drug-likeness (QED) is 0.871. The maximum Gasteiger partial charge on any atom is 0.274 e. The molecule has 0 unspecified atom stereocenters. The second-order valence-electron chi connectivity index (χ2n) is 9.34. The lowest BCUT2D eigenvalue weighted by Gasteiger charge is -2.48. The number of aromatic nitrogens is 2. The first-order valence-corrected chi connectivity index (χ1v) is 11.4. The van der Waals surface area contributed by atoms with Gasteiger partial charge in [0, 0.05) is 43.4 Å². The van der Waals surface area contributed by atoms with Crippen molar-refractivity contribution in [1.82, 2.24) is 20.0 Å². The van der Waals surface area contributed by atoms with E-state index in [4.69, 9.17) is 0 Å². The number of nitrogens with one attached hydrogen (secondary N) is 1. The van der Waals surface area contributed by atoms with Crippen LogP contribution in [0, 0.1) is 11.8 Å². The number of hydrogen-bond acceptors (Lipinski definition) is 3. The van der Waals surface area contributed by atoms with Gasteiger partial charge in [0.2, 0.25) is 5.91 Å². The first-order chi connectivity index (χ1) is 13.7. The molecule has 152 valence electrons. The van der Waals surface area contributed by atoms with Gasteiger partial charge in [-0.1, -0.05) is 19.3 Å². The minimum Gasteiger partial charge on any atom is -0.339 e. The fraction of sp³-hybridized carbons (Fsp3) is 0.773. The van der Waals surface area contributed by atoms with Gasteiger partial charge < -0.3 is 9.80 Å². The molecule has 2 amide bonds. The van der Waals surface area contributed by atoms with Crippen molar-refractivity contribution >= 4 is 11.8 Å². The number of aryl methyl sites for hydroxylation is 1. The summed E-state index contributed by atoms with van der Waals surface area (Å²) in [7, 11) is 0. The lowest BCUT2D eigenvalue weighted by atomic mass is 9.81. The third kappa shape index (κ3) is 3.25. The molecule has 6 nitrogen and oxygen atoms in total. The van der Waals surface area contributed by atoms with Crippen molar-refractivity contribution in [3.63, 3.8) is 0 Å². The van der Waals surface area contributed by atoms with Gasteiger partial charge in [0.15, 0.2) is 5.69 Å². The lowest BCUT2D eigenvalue weighted by Crippen LogP contribution is -2.57. The zero-order valence-corrected chi connectivity index (χ0v) is 16.8. The second kappa shape index (κ2) is 7.53. The van der Waals surface area contributed by atoms with Gasteiger partial charge in [0.05, 0.1) is 0 Å². The average Bonchev–Trinajstić information content (AvgIpc) is 3.34. The Kier molecular flexibility index (Phi) is 4.89. The van der Waals surface area contributed by atoms with E-state index in [0.29, 0.717) is 35.9 Å². The van der Waals surface area contributed by atoms with Gasteiger partial charge in [0.1, 0.15) is 0 Å². The highest BCUT2D eigenvalue weighted by molar-refractivity contribution is 5.94. The van der Waals surface area contributed by atoms with Crippen LogP contribution < -0.4 is 0 Å². The highest BCUT2D eigenvalue weighted by Gasteiger charge is 2.41. The van der Waals surface area contributed by atoms with E-state index < -0.39 is 0 Å². The van der Waals surface area contributed by atoms with Crippen molar-refractivity contribution in [3.05, 3.63) is 17.0 Å². The van der Waals surface area contributed by atoms with Crippen LogP contribution in [0.3, 0.4) is 0 Å². The molecule has 28 heavy (non-hydrogen) atoms. The van der Waals surface area contributed by atoms with Gasteiger partial charge in [-0.3, -0.25) is 14.7 Å². The van der Waals surface area contributed by atoms with Crippen molar-refractivity contribution in [2.24, 2.45) is 11.8 Å². The van der Waals surface area contributed by atoms with E-state index >= 15 is 0 Å². The molecular weight excluding hydrogens is 352 g/mol. The number of nitrogens with zero attached hydrogens (tertiary/aromatic N) is 3. The number of H-pyrrole nitrogens is 1. The zero-order valence-electron chi connectivity index (χ0n) is 16.8. The van der Waals surface area contributed by atoms with Crippen LogP contribution >= 0.6 is 0 Å². The van der Waals surface area contributed by atoms with Crippen LogP contribution in [-0.4, -0.2) is 57.5 Å². The number of rotatable bonds is 3. The number of amides is 2. The standard InChI is InChI=1S/C22H32N4O2/c27-20-10-9-16-14-25(22(28)21-17-7-4-8-18(17)23-24-21)12-11-19(16)26(20)13-15-5-2-1-3-6-15/h15-16,19H,1-14H2,(H,23,24)/t16-,19+/m1/s1. The molecule has 1 N–H and O–H groups in total. The Bertz CT molecular complexity index is 752. The summed E-state index contributed by atoms with van der Waals surface area (Å²) < 4.78 is 0. The summed E-state index contributed by atoms with van der Waals surface area (Å²) in [5.74, 6) is 1.54. The predicted molar refractivity (Wildman–Crippen MR) is 106 cm³/mol. The molecule has 2 atom stereocenters. The first kappa shape index (κ1) is 18.2. The number of likely N-dealkylation sites (tertiary alicyclic amines) is 2. The van der Waals surface area contributed by atoms with E-state index in [1.54, 1.807) is 0 Å². The molecule has 0 bridgehead atoms. The molecule has 1 aromatic rings. The van der Waals surface area contributed by atoms with Gasteiger partial charge in [0.25, 0.3) is 5.91 Å². The summed E-state index contributed by atoms with van der Waals surface area (Å²) in [4.78, 5) is 30.0. The summed E-state index contributed by atoms with van der Waals surface area (Å²) in [6.45, 7) is 2.47. The summed E-state index contributed by atoms with van der Waals surface area (Å²) >= 11 is 0. The summed E-state index contributed by atoms with van der Waals surface area (Å²) in [6, 6.07) is 0.331. The molecule has 2 aliphatic carbocycles. The van der Waals surface area contributed by atoms with Gasteiger partial charge in [-0.05, 0) is 56.8 Å². The van der Waals surface area contributed by atoms with E-state index in [2.05, 4.69) is 15.1 Å². The predicted octanol–water partition coefficient (Wildman–Crippen LogP) is 2.93. The minimum atomic E-state index is 0.0913. The Morgan fingerprint density at radius 3 is 2.75 bits per heavy atom. The summed E-state index contributed by atoms with van der Waals surface area (Å²) in [5, 5.41) is 7.41. The van der Waals surface area contributed by atoms with Crippen LogP contribution in [0.15, 0.2) is 0 Å². The van der Waals surface area contributed by atoms with Crippen LogP contribution in [0.4, 0.5) is 0 Å². The van der Waals surface area contributed by atoms with Gasteiger partial charge in [-0.15, -0.1) is 0 Å². The van der Waals surface area contributed by atoms with E-state index in [9.17, 15) is 9.59 Å². The van der Waals surface area contributed by atoms with Crippen molar-refractivity contribution in [1.29, 1.82) is 0 Å². The number of carbonyl (C=O) groups excluding carboxylic acids is 2. The first-order valence-electron chi connectivity index (χ1n) is 11.4. The summed E-state index contributed by atoms with van der Waals surface area (Å²) in [5.41, 5.74) is 2.95. The fourth-order valence-electron chi connectivity index (χ4n) is 6.07. The average molecular weight is 385 g/mol. The molecule has 5 rings (SSSR count). The topological polar surface area (TPSA) is 69.3 Å². The van der Waals surface area contributed by atoms with E-state index in [0.717, 1.165) is 63.0 Å². The molecule has 1 saturated carbocycles. The van der Waals surface area contributed by atoms with Crippen LogP contribution in [0.2, 0.25) is 0 Å². The van der Waals surface area contributed by atoms with Crippen molar-refractivity contribution in [3.8, 4) is 0 Å². The van der Waals surface area contributed by atoms with Crippen molar-refractivity contribution < 1.29 is 9.59 Å². The number of carbonyl (C=O) groups is 2. The fourth-order valence-corrected chi connectivity index (χ4v) is 6.07. The molecule has 2 saturated heterocycles. The Balaban J connectivity index is 1.26. The highest BCUT2D eigenvalue weighted by atomic mass is 16.2. The lowest BCUT2D eigenvalue weighted by molar-refractivity contribution is -0.141. The Morgan fingerprint density at radius 1 is 1.04 bits per heavy atom. The maximum absolute atomic E-state index is 13.1. The van der Waals surface area contributed by atoms with Crippen LogP contribution in [-0.2, 0) is 17.6 Å². The largest absolute Gasteiger partial charge is 0.339 e. The van der Waals surface area contributed by atoms with Crippen LogP contribution in [0.1, 0.15) is 79.5 Å². The van der Waals surface area contributed by atoms with Crippen LogP contribution in [0.25, 0.3) is 0 Å². The number of hydrogen-bond donors (Lipinski definition) is 1. The van der Waals surface area contributed by atoms with Gasteiger partial charge in [-0.25, -0.2) is 0 Å². The third-order valence-corrected chi connectivity index (χ3v) is 7.62. The molecule has 3 heterocycles. The van der Waals surface area contributed by atoms with Gasteiger partial charge in [-0.2, -0.15) is 5.10 Å². The maximum atomic E-state index is 13.1. The van der Waals surface area contributed by atoms with Crippen molar-refractivity contribution in [2.45, 2.75) is 76.7 Å². The molecule has 0 spiro atoms. The minimum absolute atomic E-state index is 0.0913. The third-order valence-electron chi connectivity index (χ3n) is 7.62. The normalized spacial score (nSPS) is 28.4. The Labute approximate surface area is 167 Å². The molecule has 6 heteroatoms. The SMILES string of the molecule is O=C(c1n[nH]c2c1CCC2)N1CC[C@H]2[C@H](CCC(=O)N2CC2CCCCC2)C1. The number of aromatic amines is 1. The Hall–Kier alpha value is -1.85. The number of fused-ring (bicyclic) bond motifs is 2. The van der Waals surface area contributed by atoms with E-state index in [1.165, 1.54) is 32.1 Å². The van der Waals surface area contributed by atoms with Gasteiger partial charge >= 0.3 is 0 Å². The zero-order chi connectivity index (χ0) is 19.1.